The Balaban J connectivity index is 0.000000386. The predicted molar refractivity (Wildman–Crippen MR) is 63.1 cm³/mol. The van der Waals surface area contributed by atoms with E-state index < -0.39 is 0 Å². The molecule has 0 aliphatic carbocycles. The molecule has 0 amide bonds. The zero-order valence-electron chi connectivity index (χ0n) is 9.23. The molecule has 1 saturated heterocycles. The van der Waals surface area contributed by atoms with Crippen molar-refractivity contribution in [2.24, 2.45) is 5.73 Å². The lowest BCUT2D eigenvalue weighted by Gasteiger charge is -2.34. The van der Waals surface area contributed by atoms with Crippen molar-refractivity contribution in [3.05, 3.63) is 35.9 Å². The number of carbonyl (C=O) groups is 1. The van der Waals surface area contributed by atoms with E-state index in [1.54, 1.807) is 0 Å². The summed E-state index contributed by atoms with van der Waals surface area (Å²) in [6.45, 7) is 1.82. The van der Waals surface area contributed by atoms with E-state index >= 15 is 0 Å². The second-order valence-corrected chi connectivity index (χ2v) is 3.88. The number of rotatable bonds is 1. The molecule has 0 bridgehead atoms. The Morgan fingerprint density at radius 2 is 1.75 bits per heavy atom. The molecule has 4 nitrogen and oxygen atoms in total. The zero-order valence-corrected chi connectivity index (χ0v) is 9.23. The molecule has 1 aliphatic heterocycles. The van der Waals surface area contributed by atoms with Crippen molar-refractivity contribution in [3.63, 3.8) is 0 Å². The number of nitrogens with one attached hydrogen (secondary N) is 1. The van der Waals surface area contributed by atoms with Gasteiger partial charge in [-0.05, 0) is 31.5 Å². The van der Waals surface area contributed by atoms with Gasteiger partial charge in [-0.3, -0.25) is 4.79 Å². The van der Waals surface area contributed by atoms with Crippen LogP contribution >= 0.6 is 0 Å². The van der Waals surface area contributed by atoms with Crippen molar-refractivity contribution in [1.29, 1.82) is 0 Å². The monoisotopic (exact) mass is 222 g/mol. The first-order valence-corrected chi connectivity index (χ1v) is 5.36. The summed E-state index contributed by atoms with van der Waals surface area (Å²) in [7, 11) is 0. The van der Waals surface area contributed by atoms with Crippen LogP contribution < -0.4 is 11.1 Å². The molecule has 0 atom stereocenters. The van der Waals surface area contributed by atoms with Crippen LogP contribution in [0.3, 0.4) is 0 Å². The average molecular weight is 222 g/mol. The molecule has 4 N–H and O–H groups in total. The number of carboxylic acid groups (broad SMARTS) is 1. The molecular formula is C12H18N2O2. The first kappa shape index (κ1) is 12.7. The van der Waals surface area contributed by atoms with Crippen molar-refractivity contribution < 1.29 is 9.90 Å². The summed E-state index contributed by atoms with van der Waals surface area (Å²) in [5.74, 6) is 0. The first-order chi connectivity index (χ1) is 7.73. The minimum Gasteiger partial charge on any atom is -0.483 e. The van der Waals surface area contributed by atoms with Gasteiger partial charge in [0.2, 0.25) is 0 Å². The summed E-state index contributed by atoms with van der Waals surface area (Å²) >= 11 is 0. The molecule has 1 aromatic rings. The minimum absolute atomic E-state index is 0.0908. The highest BCUT2D eigenvalue weighted by molar-refractivity contribution is 5.32. The lowest BCUT2D eigenvalue weighted by Crippen LogP contribution is -2.46. The fourth-order valence-corrected chi connectivity index (χ4v) is 1.93. The fraction of sp³-hybridized carbons (Fsp3) is 0.417. The van der Waals surface area contributed by atoms with Crippen LogP contribution in [0.15, 0.2) is 30.3 Å². The van der Waals surface area contributed by atoms with Crippen molar-refractivity contribution >= 4 is 6.47 Å². The van der Waals surface area contributed by atoms with Gasteiger partial charge in [0, 0.05) is 5.54 Å². The highest BCUT2D eigenvalue weighted by Crippen LogP contribution is 2.26. The molecule has 0 aromatic heterocycles. The molecule has 16 heavy (non-hydrogen) atoms. The first-order valence-electron chi connectivity index (χ1n) is 5.36. The van der Waals surface area contributed by atoms with Gasteiger partial charge in [0.05, 0.1) is 0 Å². The normalized spacial score (nSPS) is 18.1. The van der Waals surface area contributed by atoms with Crippen LogP contribution in [0, 0.1) is 0 Å². The maximum atomic E-state index is 8.36. The van der Waals surface area contributed by atoms with E-state index in [0.29, 0.717) is 0 Å². The summed E-state index contributed by atoms with van der Waals surface area (Å²) in [4.78, 5) is 8.36. The maximum Gasteiger partial charge on any atom is 0.290 e. The molecule has 88 valence electrons. The summed E-state index contributed by atoms with van der Waals surface area (Å²) in [5.41, 5.74) is 7.52. The van der Waals surface area contributed by atoms with E-state index in [1.807, 2.05) is 6.07 Å². The van der Waals surface area contributed by atoms with Crippen molar-refractivity contribution in [2.45, 2.75) is 18.4 Å². The molecule has 1 heterocycles. The Morgan fingerprint density at radius 1 is 1.25 bits per heavy atom. The van der Waals surface area contributed by atoms with Gasteiger partial charge in [-0.1, -0.05) is 30.3 Å². The lowest BCUT2D eigenvalue weighted by molar-refractivity contribution is -0.122. The van der Waals surface area contributed by atoms with Gasteiger partial charge in [-0.15, -0.1) is 0 Å². The highest BCUT2D eigenvalue weighted by Gasteiger charge is 2.28. The van der Waals surface area contributed by atoms with Gasteiger partial charge in [0.15, 0.2) is 0 Å². The Labute approximate surface area is 95.5 Å². The van der Waals surface area contributed by atoms with Crippen molar-refractivity contribution in [3.8, 4) is 0 Å². The maximum absolute atomic E-state index is 8.36. The van der Waals surface area contributed by atoms with Crippen LogP contribution in [0.5, 0.6) is 0 Å². The smallest absolute Gasteiger partial charge is 0.290 e. The van der Waals surface area contributed by atoms with Gasteiger partial charge in [0.1, 0.15) is 0 Å². The Hall–Kier alpha value is -1.39. The third-order valence-corrected chi connectivity index (χ3v) is 2.84. The summed E-state index contributed by atoms with van der Waals surface area (Å²) in [6.07, 6.45) is 2.08. The SMILES string of the molecule is NC1(c2ccccc2)CCNCC1.O=CO. The van der Waals surface area contributed by atoms with Crippen LogP contribution in [0.25, 0.3) is 0 Å². The molecule has 1 aromatic carbocycles. The molecule has 4 heteroatoms. The zero-order chi connectivity index (χ0) is 11.9. The van der Waals surface area contributed by atoms with Crippen molar-refractivity contribution in [2.75, 3.05) is 13.1 Å². The highest BCUT2D eigenvalue weighted by atomic mass is 16.3. The van der Waals surface area contributed by atoms with E-state index in [0.717, 1.165) is 25.9 Å². The number of hydrogen-bond donors (Lipinski definition) is 3. The van der Waals surface area contributed by atoms with Crippen LogP contribution in [0.1, 0.15) is 18.4 Å². The minimum atomic E-state index is -0.250. The third-order valence-electron chi connectivity index (χ3n) is 2.84. The fourth-order valence-electron chi connectivity index (χ4n) is 1.93. The number of hydrogen-bond acceptors (Lipinski definition) is 3. The molecule has 1 aliphatic rings. The second-order valence-electron chi connectivity index (χ2n) is 3.88. The molecular weight excluding hydrogens is 204 g/mol. The third kappa shape index (κ3) is 3.32. The summed E-state index contributed by atoms with van der Waals surface area (Å²) < 4.78 is 0. The Kier molecular flexibility index (Phi) is 4.95. The van der Waals surface area contributed by atoms with Crippen LogP contribution in [-0.2, 0) is 10.3 Å². The van der Waals surface area contributed by atoms with E-state index in [4.69, 9.17) is 15.6 Å². The van der Waals surface area contributed by atoms with Crippen LogP contribution in [0.4, 0.5) is 0 Å². The quantitative estimate of drug-likeness (QED) is 0.618. The number of benzene rings is 1. The van der Waals surface area contributed by atoms with Gasteiger partial charge in [0.25, 0.3) is 6.47 Å². The van der Waals surface area contributed by atoms with Crippen LogP contribution in [0.2, 0.25) is 0 Å². The van der Waals surface area contributed by atoms with E-state index in [-0.39, 0.29) is 12.0 Å². The van der Waals surface area contributed by atoms with Gasteiger partial charge < -0.3 is 16.2 Å². The lowest BCUT2D eigenvalue weighted by atomic mass is 9.83. The number of piperidine rings is 1. The van der Waals surface area contributed by atoms with E-state index in [9.17, 15) is 0 Å². The summed E-state index contributed by atoms with van der Waals surface area (Å²) in [5, 5.41) is 10.2. The van der Waals surface area contributed by atoms with Gasteiger partial charge in [-0.25, -0.2) is 0 Å². The molecule has 0 spiro atoms. The van der Waals surface area contributed by atoms with Gasteiger partial charge >= 0.3 is 0 Å². The van der Waals surface area contributed by atoms with E-state index in [1.165, 1.54) is 5.56 Å². The predicted octanol–water partition coefficient (Wildman–Crippen LogP) is 0.925. The molecule has 0 saturated carbocycles. The molecule has 0 unspecified atom stereocenters. The van der Waals surface area contributed by atoms with E-state index in [2.05, 4.69) is 29.6 Å². The Morgan fingerprint density at radius 3 is 2.25 bits per heavy atom. The van der Waals surface area contributed by atoms with Crippen molar-refractivity contribution in [1.82, 2.24) is 5.32 Å². The topological polar surface area (TPSA) is 75.3 Å². The number of nitrogens with two attached hydrogens (primary N) is 1. The largest absolute Gasteiger partial charge is 0.483 e. The average Bonchev–Trinajstić information content (AvgIpc) is 2.32. The molecule has 0 radical (unpaired) electrons. The second kappa shape index (κ2) is 6.25. The standard InChI is InChI=1S/C11H16N2.CH2O2/c12-11(6-8-13-9-7-11)10-4-2-1-3-5-10;2-1-3/h1-5,13H,6-9,12H2;1H,(H,2,3). The molecule has 2 rings (SSSR count). The summed E-state index contributed by atoms with van der Waals surface area (Å²) in [6, 6.07) is 10.4. The Bertz CT molecular complexity index is 308. The van der Waals surface area contributed by atoms with Crippen LogP contribution in [-0.4, -0.2) is 24.7 Å². The van der Waals surface area contributed by atoms with Gasteiger partial charge in [-0.2, -0.15) is 0 Å². The molecule has 1 fully saturated rings.